The van der Waals surface area contributed by atoms with Gasteiger partial charge in [0.05, 0.1) is 4.92 Å². The Hall–Kier alpha value is -2.44. The smallest absolute Gasteiger partial charge is 0.303 e. The molecule has 0 aliphatic rings. The Kier molecular flexibility index (Phi) is 6.03. The van der Waals surface area contributed by atoms with Gasteiger partial charge in [0.1, 0.15) is 0 Å². The lowest BCUT2D eigenvalue weighted by Crippen LogP contribution is -2.43. The van der Waals surface area contributed by atoms with Crippen LogP contribution in [0.1, 0.15) is 38.7 Å². The van der Waals surface area contributed by atoms with E-state index in [4.69, 9.17) is 5.11 Å². The van der Waals surface area contributed by atoms with Crippen LogP contribution in [0.3, 0.4) is 0 Å². The van der Waals surface area contributed by atoms with Crippen molar-refractivity contribution >= 4 is 17.6 Å². The predicted molar refractivity (Wildman–Crippen MR) is 80.5 cm³/mol. The van der Waals surface area contributed by atoms with Crippen molar-refractivity contribution in [2.24, 2.45) is 0 Å². The number of carbonyl (C=O) groups excluding carboxylic acids is 1. The summed E-state index contributed by atoms with van der Waals surface area (Å²) in [5.41, 5.74) is 0.116. The highest BCUT2D eigenvalue weighted by Gasteiger charge is 2.21. The number of hydrogen-bond acceptors (Lipinski definition) is 4. The summed E-state index contributed by atoms with van der Waals surface area (Å²) in [7, 11) is 0. The number of nitrogens with one attached hydrogen (secondary N) is 1. The summed E-state index contributed by atoms with van der Waals surface area (Å²) in [5.74, 6) is -1.11. The average molecular weight is 308 g/mol. The summed E-state index contributed by atoms with van der Waals surface area (Å²) in [6.45, 7) is 3.53. The summed E-state index contributed by atoms with van der Waals surface area (Å²) in [4.78, 5) is 32.7. The topological polar surface area (TPSA) is 110 Å². The highest BCUT2D eigenvalue weighted by Crippen LogP contribution is 2.15. The maximum absolute atomic E-state index is 11.9. The van der Waals surface area contributed by atoms with Gasteiger partial charge in [0.2, 0.25) is 5.91 Å². The number of amides is 1. The molecule has 0 saturated heterocycles. The lowest BCUT2D eigenvalue weighted by Gasteiger charge is -2.25. The fraction of sp³-hybridized carbons (Fsp3) is 0.467. The van der Waals surface area contributed by atoms with Gasteiger partial charge >= 0.3 is 5.97 Å². The van der Waals surface area contributed by atoms with Crippen LogP contribution in [0.2, 0.25) is 0 Å². The second-order valence-corrected chi connectivity index (χ2v) is 5.75. The van der Waals surface area contributed by atoms with Crippen molar-refractivity contribution in [2.45, 2.75) is 45.1 Å². The highest BCUT2D eigenvalue weighted by atomic mass is 16.6. The summed E-state index contributed by atoms with van der Waals surface area (Å²) in [6.07, 6.45) is 0.906. The van der Waals surface area contributed by atoms with Crippen molar-refractivity contribution in [3.63, 3.8) is 0 Å². The molecule has 0 aromatic heterocycles. The summed E-state index contributed by atoms with van der Waals surface area (Å²) >= 11 is 0. The molecule has 7 nitrogen and oxygen atoms in total. The summed E-state index contributed by atoms with van der Waals surface area (Å²) < 4.78 is 0. The number of benzene rings is 1. The number of nitro groups is 1. The molecule has 0 heterocycles. The van der Waals surface area contributed by atoms with Gasteiger partial charge in [-0.3, -0.25) is 19.7 Å². The number of aryl methyl sites for hydroxylation is 1. The number of hydrogen-bond donors (Lipinski definition) is 2. The quantitative estimate of drug-likeness (QED) is 0.565. The lowest BCUT2D eigenvalue weighted by molar-refractivity contribution is -0.384. The number of non-ortho nitro benzene ring substituents is 1. The molecule has 0 bridgehead atoms. The van der Waals surface area contributed by atoms with Gasteiger partial charge in [-0.1, -0.05) is 12.1 Å². The first-order valence-corrected chi connectivity index (χ1v) is 6.96. The molecule has 0 unspecified atom stereocenters. The Bertz CT molecular complexity index is 569. The Balaban J connectivity index is 2.50. The van der Waals surface area contributed by atoms with Crippen LogP contribution in [0.25, 0.3) is 0 Å². The van der Waals surface area contributed by atoms with Crippen molar-refractivity contribution in [2.75, 3.05) is 0 Å². The van der Waals surface area contributed by atoms with Crippen molar-refractivity contribution in [1.82, 2.24) is 5.32 Å². The molecule has 1 amide bonds. The number of aliphatic carboxylic acids is 1. The van der Waals surface area contributed by atoms with E-state index < -0.39 is 16.4 Å². The molecule has 0 atom stereocenters. The number of nitrogens with zero attached hydrogens (tertiary/aromatic N) is 1. The van der Waals surface area contributed by atoms with Gasteiger partial charge in [0.15, 0.2) is 0 Å². The maximum Gasteiger partial charge on any atom is 0.303 e. The van der Waals surface area contributed by atoms with E-state index in [1.165, 1.54) is 12.1 Å². The van der Waals surface area contributed by atoms with E-state index in [2.05, 4.69) is 5.32 Å². The van der Waals surface area contributed by atoms with Crippen LogP contribution in [0, 0.1) is 10.1 Å². The third kappa shape index (κ3) is 6.34. The number of carboxylic acid groups (broad SMARTS) is 1. The number of rotatable bonds is 8. The van der Waals surface area contributed by atoms with E-state index in [-0.39, 0.29) is 24.4 Å². The van der Waals surface area contributed by atoms with Gasteiger partial charge in [-0.15, -0.1) is 0 Å². The highest BCUT2D eigenvalue weighted by molar-refractivity contribution is 5.77. The second-order valence-electron chi connectivity index (χ2n) is 5.75. The lowest BCUT2D eigenvalue weighted by atomic mass is 9.98. The van der Waals surface area contributed by atoms with E-state index in [0.717, 1.165) is 0 Å². The normalized spacial score (nSPS) is 11.0. The molecular weight excluding hydrogens is 288 g/mol. The Morgan fingerprint density at radius 1 is 1.32 bits per heavy atom. The van der Waals surface area contributed by atoms with Crippen LogP contribution in [0.4, 0.5) is 5.69 Å². The number of nitro benzene ring substituents is 1. The van der Waals surface area contributed by atoms with Crippen LogP contribution in [0.15, 0.2) is 24.3 Å². The molecule has 0 radical (unpaired) electrons. The number of carbonyl (C=O) groups is 2. The molecule has 1 aromatic rings. The summed E-state index contributed by atoms with van der Waals surface area (Å²) in [6, 6.07) is 6.17. The monoisotopic (exact) mass is 308 g/mol. The van der Waals surface area contributed by atoms with Gasteiger partial charge in [-0.2, -0.15) is 0 Å². The maximum atomic E-state index is 11.9. The fourth-order valence-electron chi connectivity index (χ4n) is 2.01. The minimum Gasteiger partial charge on any atom is -0.481 e. The molecule has 120 valence electrons. The molecule has 1 aromatic carbocycles. The zero-order valence-electron chi connectivity index (χ0n) is 12.7. The van der Waals surface area contributed by atoms with E-state index in [0.29, 0.717) is 18.4 Å². The van der Waals surface area contributed by atoms with Gasteiger partial charge in [-0.05, 0) is 32.3 Å². The van der Waals surface area contributed by atoms with Crippen LogP contribution in [0.5, 0.6) is 0 Å². The molecule has 22 heavy (non-hydrogen) atoms. The first-order valence-electron chi connectivity index (χ1n) is 6.96. The third-order valence-electron chi connectivity index (χ3n) is 3.20. The molecule has 2 N–H and O–H groups in total. The van der Waals surface area contributed by atoms with Crippen LogP contribution < -0.4 is 5.32 Å². The second kappa shape index (κ2) is 7.53. The predicted octanol–water partition coefficient (Wildman–Crippen LogP) is 2.29. The van der Waals surface area contributed by atoms with Crippen molar-refractivity contribution in [3.8, 4) is 0 Å². The summed E-state index contributed by atoms with van der Waals surface area (Å²) in [5, 5.41) is 22.1. The molecule has 1 rings (SSSR count). The Morgan fingerprint density at radius 3 is 2.59 bits per heavy atom. The molecule has 0 aliphatic carbocycles. The van der Waals surface area contributed by atoms with Gasteiger partial charge < -0.3 is 10.4 Å². The Morgan fingerprint density at radius 2 is 2.00 bits per heavy atom. The molecule has 7 heteroatoms. The molecular formula is C15H20N2O5. The fourth-order valence-corrected chi connectivity index (χ4v) is 2.01. The van der Waals surface area contributed by atoms with E-state index in [1.807, 2.05) is 0 Å². The van der Waals surface area contributed by atoms with E-state index in [1.54, 1.807) is 26.0 Å². The van der Waals surface area contributed by atoms with E-state index >= 15 is 0 Å². The minimum absolute atomic E-state index is 0.000281. The number of carboxylic acids is 1. The van der Waals surface area contributed by atoms with Crippen LogP contribution >= 0.6 is 0 Å². The van der Waals surface area contributed by atoms with Crippen molar-refractivity contribution in [3.05, 3.63) is 39.9 Å². The first kappa shape index (κ1) is 17.6. The van der Waals surface area contributed by atoms with Gasteiger partial charge in [0.25, 0.3) is 5.69 Å². The van der Waals surface area contributed by atoms with Crippen molar-refractivity contribution < 1.29 is 19.6 Å². The van der Waals surface area contributed by atoms with Gasteiger partial charge in [-0.25, -0.2) is 0 Å². The zero-order chi connectivity index (χ0) is 16.8. The SMILES string of the molecule is CC(C)(CCC(=O)O)NC(=O)CCc1cccc([N+](=O)[O-])c1. The first-order chi connectivity index (χ1) is 10.2. The Labute approximate surface area is 128 Å². The van der Waals surface area contributed by atoms with Crippen molar-refractivity contribution in [1.29, 1.82) is 0 Å². The zero-order valence-corrected chi connectivity index (χ0v) is 12.7. The van der Waals surface area contributed by atoms with Crippen LogP contribution in [-0.4, -0.2) is 27.4 Å². The average Bonchev–Trinajstić information content (AvgIpc) is 2.43. The minimum atomic E-state index is -0.904. The largest absolute Gasteiger partial charge is 0.481 e. The third-order valence-corrected chi connectivity index (χ3v) is 3.20. The molecule has 0 saturated carbocycles. The standard InChI is InChI=1S/C15H20N2O5/c1-15(2,9-8-14(19)20)16-13(18)7-6-11-4-3-5-12(10-11)17(21)22/h3-5,10H,6-9H2,1-2H3,(H,16,18)(H,19,20). The molecule has 0 fully saturated rings. The van der Waals surface area contributed by atoms with Crippen LogP contribution in [-0.2, 0) is 16.0 Å². The van der Waals surface area contributed by atoms with Gasteiger partial charge in [0, 0.05) is 30.5 Å². The molecule has 0 aliphatic heterocycles. The van der Waals surface area contributed by atoms with E-state index in [9.17, 15) is 19.7 Å². The molecule has 0 spiro atoms.